The van der Waals surface area contributed by atoms with E-state index in [0.29, 0.717) is 16.5 Å². The molecular weight excluding hydrogens is 273 g/mol. The number of anilines is 1. The van der Waals surface area contributed by atoms with Gasteiger partial charge in [-0.1, -0.05) is 11.6 Å². The zero-order valence-electron chi connectivity index (χ0n) is 9.90. The maximum atomic E-state index is 6.09. The molecular formula is C12H15Cl2N3O. The molecule has 0 aromatic heterocycles. The Balaban J connectivity index is 2.25. The predicted molar refractivity (Wildman–Crippen MR) is 76.5 cm³/mol. The van der Waals surface area contributed by atoms with Gasteiger partial charge in [-0.25, -0.2) is 4.99 Å². The van der Waals surface area contributed by atoms with Crippen molar-refractivity contribution in [2.75, 3.05) is 37.1 Å². The van der Waals surface area contributed by atoms with Crippen LogP contribution < -0.4 is 10.6 Å². The van der Waals surface area contributed by atoms with Crippen LogP contribution in [0.2, 0.25) is 5.02 Å². The molecule has 6 heteroatoms. The van der Waals surface area contributed by atoms with Crippen LogP contribution in [0.1, 0.15) is 0 Å². The molecule has 2 N–H and O–H groups in total. The number of nitrogens with two attached hydrogens (primary N) is 1. The van der Waals surface area contributed by atoms with Crippen LogP contribution in [0.4, 0.5) is 11.4 Å². The fourth-order valence-corrected chi connectivity index (χ4v) is 2.01. The third-order valence-electron chi connectivity index (χ3n) is 2.71. The molecule has 1 fully saturated rings. The molecule has 1 aromatic rings. The van der Waals surface area contributed by atoms with Crippen LogP contribution in [-0.2, 0) is 4.74 Å². The van der Waals surface area contributed by atoms with Gasteiger partial charge in [-0.05, 0) is 18.2 Å². The van der Waals surface area contributed by atoms with Crippen molar-refractivity contribution in [2.45, 2.75) is 0 Å². The third-order valence-corrected chi connectivity index (χ3v) is 3.30. The summed E-state index contributed by atoms with van der Waals surface area (Å²) in [4.78, 5) is 6.44. The predicted octanol–water partition coefficient (Wildman–Crippen LogP) is 2.40. The number of alkyl halides is 1. The van der Waals surface area contributed by atoms with Crippen LogP contribution >= 0.6 is 23.2 Å². The average Bonchev–Trinajstić information content (AvgIpc) is 2.42. The second-order valence-corrected chi connectivity index (χ2v) is 4.65. The zero-order valence-corrected chi connectivity index (χ0v) is 11.4. The molecule has 0 unspecified atom stereocenters. The number of benzene rings is 1. The van der Waals surface area contributed by atoms with Gasteiger partial charge in [-0.2, -0.15) is 0 Å². The molecule has 0 aliphatic carbocycles. The van der Waals surface area contributed by atoms with Gasteiger partial charge in [0.2, 0.25) is 0 Å². The average molecular weight is 288 g/mol. The van der Waals surface area contributed by atoms with E-state index in [2.05, 4.69) is 9.89 Å². The van der Waals surface area contributed by atoms with E-state index in [1.54, 1.807) is 0 Å². The van der Waals surface area contributed by atoms with Crippen LogP contribution in [0, 0.1) is 0 Å². The standard InChI is InChI=1S/C12H15Cl2N3O/c13-8-12(15)16-11-7-9(1-2-10(11)14)17-3-5-18-6-4-17/h1-2,7H,3-6,8H2,(H2,15,16). The van der Waals surface area contributed by atoms with E-state index in [1.807, 2.05) is 18.2 Å². The number of amidine groups is 1. The summed E-state index contributed by atoms with van der Waals surface area (Å²) in [5, 5.41) is 0.570. The van der Waals surface area contributed by atoms with E-state index >= 15 is 0 Å². The molecule has 0 radical (unpaired) electrons. The van der Waals surface area contributed by atoms with Gasteiger partial charge < -0.3 is 15.4 Å². The van der Waals surface area contributed by atoms with Gasteiger partial charge in [0.05, 0.1) is 29.8 Å². The molecule has 0 spiro atoms. The van der Waals surface area contributed by atoms with Gasteiger partial charge in [0, 0.05) is 18.8 Å². The first-order valence-electron chi connectivity index (χ1n) is 5.72. The zero-order chi connectivity index (χ0) is 13.0. The molecule has 1 aliphatic heterocycles. The molecule has 1 heterocycles. The first-order chi connectivity index (χ1) is 8.70. The second-order valence-electron chi connectivity index (χ2n) is 3.97. The number of hydrogen-bond acceptors (Lipinski definition) is 3. The molecule has 2 rings (SSSR count). The number of nitrogens with zero attached hydrogens (tertiary/aromatic N) is 2. The molecule has 1 aromatic carbocycles. The van der Waals surface area contributed by atoms with E-state index in [0.717, 1.165) is 32.0 Å². The van der Waals surface area contributed by atoms with Crippen molar-refractivity contribution in [2.24, 2.45) is 10.7 Å². The van der Waals surface area contributed by atoms with Crippen LogP contribution in [0.25, 0.3) is 0 Å². The van der Waals surface area contributed by atoms with Gasteiger partial charge in [-0.15, -0.1) is 11.6 Å². The Morgan fingerprint density at radius 2 is 2.11 bits per heavy atom. The highest BCUT2D eigenvalue weighted by Crippen LogP contribution is 2.30. The van der Waals surface area contributed by atoms with Crippen LogP contribution in [0.5, 0.6) is 0 Å². The molecule has 1 aliphatic rings. The summed E-state index contributed by atoms with van der Waals surface area (Å²) < 4.78 is 5.32. The van der Waals surface area contributed by atoms with Crippen LogP contribution in [-0.4, -0.2) is 38.0 Å². The molecule has 0 saturated carbocycles. The number of rotatable bonds is 3. The number of ether oxygens (including phenoxy) is 1. The SMILES string of the molecule is NC(CCl)=Nc1cc(N2CCOCC2)ccc1Cl. The van der Waals surface area contributed by atoms with Crippen molar-refractivity contribution >= 4 is 40.4 Å². The first-order valence-corrected chi connectivity index (χ1v) is 6.63. The molecule has 0 bridgehead atoms. The maximum Gasteiger partial charge on any atom is 0.115 e. The minimum Gasteiger partial charge on any atom is -0.386 e. The van der Waals surface area contributed by atoms with Gasteiger partial charge in [0.1, 0.15) is 5.84 Å². The Morgan fingerprint density at radius 1 is 1.39 bits per heavy atom. The summed E-state index contributed by atoms with van der Waals surface area (Å²) in [5.74, 6) is 0.552. The molecule has 0 amide bonds. The Kier molecular flexibility index (Phi) is 4.69. The highest BCUT2D eigenvalue weighted by atomic mass is 35.5. The summed E-state index contributed by atoms with van der Waals surface area (Å²) in [7, 11) is 0. The summed E-state index contributed by atoms with van der Waals surface area (Å²) in [6, 6.07) is 5.73. The quantitative estimate of drug-likeness (QED) is 0.528. The fourth-order valence-electron chi connectivity index (χ4n) is 1.79. The number of halogens is 2. The van der Waals surface area contributed by atoms with Crippen molar-refractivity contribution in [3.8, 4) is 0 Å². The third kappa shape index (κ3) is 3.28. The van der Waals surface area contributed by atoms with Crippen LogP contribution in [0.15, 0.2) is 23.2 Å². The molecule has 4 nitrogen and oxygen atoms in total. The Labute approximate surface area is 116 Å². The largest absolute Gasteiger partial charge is 0.386 e. The number of aliphatic imine (C=N–C) groups is 1. The first kappa shape index (κ1) is 13.5. The lowest BCUT2D eigenvalue weighted by atomic mass is 10.2. The van der Waals surface area contributed by atoms with E-state index in [-0.39, 0.29) is 5.88 Å². The highest BCUT2D eigenvalue weighted by molar-refractivity contribution is 6.33. The van der Waals surface area contributed by atoms with Crippen molar-refractivity contribution in [3.05, 3.63) is 23.2 Å². The van der Waals surface area contributed by atoms with Crippen molar-refractivity contribution in [3.63, 3.8) is 0 Å². The van der Waals surface area contributed by atoms with E-state index < -0.39 is 0 Å². The Morgan fingerprint density at radius 3 is 2.78 bits per heavy atom. The normalized spacial score (nSPS) is 17.0. The van der Waals surface area contributed by atoms with Gasteiger partial charge in [0.15, 0.2) is 0 Å². The van der Waals surface area contributed by atoms with E-state index in [9.17, 15) is 0 Å². The Bertz CT molecular complexity index is 445. The van der Waals surface area contributed by atoms with E-state index in [4.69, 9.17) is 33.7 Å². The van der Waals surface area contributed by atoms with E-state index in [1.165, 1.54) is 0 Å². The van der Waals surface area contributed by atoms with Gasteiger partial charge in [0.25, 0.3) is 0 Å². The smallest absolute Gasteiger partial charge is 0.115 e. The molecule has 18 heavy (non-hydrogen) atoms. The van der Waals surface area contributed by atoms with Crippen molar-refractivity contribution < 1.29 is 4.74 Å². The Hall–Kier alpha value is -0.970. The van der Waals surface area contributed by atoms with Crippen molar-refractivity contribution in [1.29, 1.82) is 0 Å². The lowest BCUT2D eigenvalue weighted by Crippen LogP contribution is -2.36. The van der Waals surface area contributed by atoms with Gasteiger partial charge >= 0.3 is 0 Å². The lowest BCUT2D eigenvalue weighted by molar-refractivity contribution is 0.122. The second kappa shape index (κ2) is 6.27. The summed E-state index contributed by atoms with van der Waals surface area (Å²) in [5.41, 5.74) is 7.35. The topological polar surface area (TPSA) is 50.8 Å². The van der Waals surface area contributed by atoms with Crippen LogP contribution in [0.3, 0.4) is 0 Å². The molecule has 98 valence electrons. The highest BCUT2D eigenvalue weighted by Gasteiger charge is 2.12. The summed E-state index contributed by atoms with van der Waals surface area (Å²) >= 11 is 11.7. The number of morpholine rings is 1. The molecule has 1 saturated heterocycles. The lowest BCUT2D eigenvalue weighted by Gasteiger charge is -2.29. The fraction of sp³-hybridized carbons (Fsp3) is 0.417. The summed E-state index contributed by atoms with van der Waals surface area (Å²) in [6.07, 6.45) is 0. The minimum absolute atomic E-state index is 0.193. The summed E-state index contributed by atoms with van der Waals surface area (Å²) in [6.45, 7) is 3.22. The number of hydrogen-bond donors (Lipinski definition) is 1. The maximum absolute atomic E-state index is 6.09. The monoisotopic (exact) mass is 287 g/mol. The minimum atomic E-state index is 0.193. The van der Waals surface area contributed by atoms with Gasteiger partial charge in [-0.3, -0.25) is 0 Å². The molecule has 0 atom stereocenters. The van der Waals surface area contributed by atoms with Crippen molar-refractivity contribution in [1.82, 2.24) is 0 Å².